The van der Waals surface area contributed by atoms with E-state index in [1.807, 2.05) is 39.8 Å². The number of rotatable bonds is 9. The van der Waals surface area contributed by atoms with E-state index in [9.17, 15) is 0 Å². The van der Waals surface area contributed by atoms with Crippen LogP contribution in [0.4, 0.5) is 0 Å². The van der Waals surface area contributed by atoms with E-state index < -0.39 is 0 Å². The largest absolute Gasteiger partial charge is 0.489 e. The molecule has 5 nitrogen and oxygen atoms in total. The van der Waals surface area contributed by atoms with E-state index in [-0.39, 0.29) is 10.1 Å². The van der Waals surface area contributed by atoms with Gasteiger partial charge in [0.2, 0.25) is 5.90 Å². The molecule has 0 spiro atoms. The maximum absolute atomic E-state index is 5.92. The number of ether oxygens (including phenoxy) is 3. The molecule has 152 valence electrons. The van der Waals surface area contributed by atoms with Gasteiger partial charge < -0.3 is 19.0 Å². The Morgan fingerprint density at radius 3 is 2.44 bits per heavy atom. The van der Waals surface area contributed by atoms with Crippen molar-refractivity contribution in [1.29, 1.82) is 0 Å². The molecule has 0 saturated heterocycles. The number of benzene rings is 1. The SMILES string of the molecule is CCc1cc(OCC=C(Cl)Cl)cc(C)c1OCCOC(C)=NOC(C)(C)C. The summed E-state index contributed by atoms with van der Waals surface area (Å²) in [6.07, 6.45) is 2.42. The van der Waals surface area contributed by atoms with Crippen molar-refractivity contribution in [2.45, 2.75) is 53.6 Å². The third kappa shape index (κ3) is 9.78. The molecule has 0 aromatic heterocycles. The van der Waals surface area contributed by atoms with Gasteiger partial charge in [0.1, 0.15) is 41.4 Å². The second-order valence-electron chi connectivity index (χ2n) is 6.90. The second kappa shape index (κ2) is 11.3. The molecule has 1 aromatic rings. The van der Waals surface area contributed by atoms with E-state index in [1.54, 1.807) is 13.0 Å². The van der Waals surface area contributed by atoms with E-state index in [0.717, 1.165) is 29.0 Å². The van der Waals surface area contributed by atoms with Crippen LogP contribution < -0.4 is 9.47 Å². The first-order valence-corrected chi connectivity index (χ1v) is 9.63. The van der Waals surface area contributed by atoms with Crippen molar-refractivity contribution in [2.75, 3.05) is 19.8 Å². The van der Waals surface area contributed by atoms with Crippen LogP contribution >= 0.6 is 23.2 Å². The third-order valence-electron chi connectivity index (χ3n) is 3.28. The van der Waals surface area contributed by atoms with E-state index in [4.69, 9.17) is 42.3 Å². The van der Waals surface area contributed by atoms with Crippen LogP contribution in [-0.2, 0) is 16.0 Å². The molecule has 7 heteroatoms. The highest BCUT2D eigenvalue weighted by Gasteiger charge is 2.11. The molecule has 0 unspecified atom stereocenters. The molecular formula is C20H29Cl2NO4. The molecule has 1 aromatic carbocycles. The summed E-state index contributed by atoms with van der Waals surface area (Å²) in [5.74, 6) is 2.07. The van der Waals surface area contributed by atoms with Crippen molar-refractivity contribution in [3.8, 4) is 11.5 Å². The molecule has 0 aliphatic heterocycles. The summed E-state index contributed by atoms with van der Waals surface area (Å²) >= 11 is 11.2. The minimum absolute atomic E-state index is 0.189. The number of nitrogens with zero attached hydrogens (tertiary/aromatic N) is 1. The zero-order valence-corrected chi connectivity index (χ0v) is 18.4. The van der Waals surface area contributed by atoms with Gasteiger partial charge in [-0.2, -0.15) is 0 Å². The van der Waals surface area contributed by atoms with Crippen molar-refractivity contribution in [2.24, 2.45) is 5.16 Å². The van der Waals surface area contributed by atoms with Gasteiger partial charge in [-0.15, -0.1) is 0 Å². The highest BCUT2D eigenvalue weighted by atomic mass is 35.5. The van der Waals surface area contributed by atoms with E-state index in [1.165, 1.54) is 0 Å². The average Bonchev–Trinajstić information content (AvgIpc) is 2.56. The maximum atomic E-state index is 5.92. The number of hydrogen-bond acceptors (Lipinski definition) is 5. The third-order valence-corrected chi connectivity index (χ3v) is 3.59. The molecule has 0 radical (unpaired) electrons. The van der Waals surface area contributed by atoms with Crippen molar-refractivity contribution in [3.63, 3.8) is 0 Å². The minimum Gasteiger partial charge on any atom is -0.489 e. The van der Waals surface area contributed by atoms with Crippen molar-refractivity contribution in [1.82, 2.24) is 0 Å². The maximum Gasteiger partial charge on any atom is 0.222 e. The van der Waals surface area contributed by atoms with Gasteiger partial charge in [-0.25, -0.2) is 0 Å². The first-order chi connectivity index (χ1) is 12.6. The Labute approximate surface area is 172 Å². The lowest BCUT2D eigenvalue weighted by molar-refractivity contribution is -0.00426. The monoisotopic (exact) mass is 417 g/mol. The Hall–Kier alpha value is -1.59. The fourth-order valence-electron chi connectivity index (χ4n) is 2.13. The van der Waals surface area contributed by atoms with E-state index in [0.29, 0.717) is 25.7 Å². The molecular weight excluding hydrogens is 389 g/mol. The topological polar surface area (TPSA) is 49.3 Å². The van der Waals surface area contributed by atoms with Crippen molar-refractivity contribution < 1.29 is 19.0 Å². The lowest BCUT2D eigenvalue weighted by Crippen LogP contribution is -2.18. The first kappa shape index (κ1) is 23.4. The molecule has 0 N–H and O–H groups in total. The van der Waals surface area contributed by atoms with Crippen LogP contribution in [0.5, 0.6) is 11.5 Å². The molecule has 0 atom stereocenters. The fourth-order valence-corrected chi connectivity index (χ4v) is 2.25. The molecule has 27 heavy (non-hydrogen) atoms. The molecule has 0 bridgehead atoms. The summed E-state index contributed by atoms with van der Waals surface area (Å²) in [4.78, 5) is 5.31. The van der Waals surface area contributed by atoms with Gasteiger partial charge in [0.15, 0.2) is 0 Å². The minimum atomic E-state index is -0.344. The lowest BCUT2D eigenvalue weighted by atomic mass is 10.1. The summed E-state index contributed by atoms with van der Waals surface area (Å²) in [6, 6.07) is 3.89. The summed E-state index contributed by atoms with van der Waals surface area (Å²) in [6.45, 7) is 12.7. The zero-order valence-electron chi connectivity index (χ0n) is 16.9. The van der Waals surface area contributed by atoms with Gasteiger partial charge in [0, 0.05) is 6.92 Å². The standard InChI is InChI=1S/C20H29Cl2NO4/c1-7-16-13-17(25-9-8-18(21)22)12-14(2)19(16)26-11-10-24-15(3)23-27-20(4,5)6/h8,12-13H,7,9-11H2,1-6H3. The molecule has 0 aliphatic carbocycles. The van der Waals surface area contributed by atoms with Crippen molar-refractivity contribution >= 4 is 29.1 Å². The molecule has 1 rings (SSSR count). The molecule has 0 heterocycles. The van der Waals surface area contributed by atoms with E-state index >= 15 is 0 Å². The Morgan fingerprint density at radius 2 is 1.85 bits per heavy atom. The Kier molecular flexibility index (Phi) is 9.81. The predicted molar refractivity (Wildman–Crippen MR) is 111 cm³/mol. The summed E-state index contributed by atoms with van der Waals surface area (Å²) in [5, 5.41) is 3.94. The molecule has 0 fully saturated rings. The van der Waals surface area contributed by atoms with Crippen molar-refractivity contribution in [3.05, 3.63) is 33.8 Å². The first-order valence-electron chi connectivity index (χ1n) is 8.88. The molecule has 0 amide bonds. The van der Waals surface area contributed by atoms with Gasteiger partial charge in [-0.1, -0.05) is 35.3 Å². The quantitative estimate of drug-likeness (QED) is 0.220. The Bertz CT molecular complexity index is 663. The summed E-state index contributed by atoms with van der Waals surface area (Å²) < 4.78 is 17.3. The van der Waals surface area contributed by atoms with Gasteiger partial charge in [-0.05, 0) is 63.5 Å². The van der Waals surface area contributed by atoms with Crippen LogP contribution in [0.25, 0.3) is 0 Å². The zero-order chi connectivity index (χ0) is 20.4. The van der Waals surface area contributed by atoms with Gasteiger partial charge in [0.05, 0.1) is 0 Å². The number of hydrogen-bond donors (Lipinski definition) is 0. The number of halogens is 2. The van der Waals surface area contributed by atoms with Crippen LogP contribution in [0.2, 0.25) is 0 Å². The van der Waals surface area contributed by atoms with Gasteiger partial charge in [-0.3, -0.25) is 0 Å². The van der Waals surface area contributed by atoms with Crippen LogP contribution in [0.3, 0.4) is 0 Å². The second-order valence-corrected chi connectivity index (χ2v) is 7.91. The lowest BCUT2D eigenvalue weighted by Gasteiger charge is -2.17. The van der Waals surface area contributed by atoms with Gasteiger partial charge >= 0.3 is 0 Å². The van der Waals surface area contributed by atoms with Crippen LogP contribution in [0, 0.1) is 6.92 Å². The Morgan fingerprint density at radius 1 is 1.15 bits per heavy atom. The normalized spacial score (nSPS) is 11.8. The van der Waals surface area contributed by atoms with Crippen LogP contribution in [0.1, 0.15) is 45.7 Å². The number of aryl methyl sites for hydroxylation is 2. The fraction of sp³-hybridized carbons (Fsp3) is 0.550. The summed E-state index contributed by atoms with van der Waals surface area (Å²) in [7, 11) is 0. The highest BCUT2D eigenvalue weighted by molar-refractivity contribution is 6.55. The summed E-state index contributed by atoms with van der Waals surface area (Å²) in [5.41, 5.74) is 1.71. The average molecular weight is 418 g/mol. The van der Waals surface area contributed by atoms with Crippen LogP contribution in [0.15, 0.2) is 27.9 Å². The smallest absolute Gasteiger partial charge is 0.222 e. The highest BCUT2D eigenvalue weighted by Crippen LogP contribution is 2.29. The Balaban J connectivity index is 2.60. The molecule has 0 aliphatic rings. The predicted octanol–water partition coefficient (Wildman–Crippen LogP) is 5.80. The van der Waals surface area contributed by atoms with Gasteiger partial charge in [0.25, 0.3) is 0 Å². The van der Waals surface area contributed by atoms with E-state index in [2.05, 4.69) is 12.1 Å². The van der Waals surface area contributed by atoms with Crippen LogP contribution in [-0.4, -0.2) is 31.3 Å². The molecule has 0 saturated carbocycles. The number of oxime groups is 1.